The van der Waals surface area contributed by atoms with Gasteiger partial charge in [0.1, 0.15) is 24.2 Å². The van der Waals surface area contributed by atoms with Crippen LogP contribution in [0.1, 0.15) is 73.5 Å². The number of nitrogens with one attached hydrogen (secondary N) is 9. The SMILES string of the molecule is C[C@H](NC(=O)[C@H](CO)NC(=O)CNC(=O)[C@@H]1CCCN1C[C@@H]1CCCN1C(=O)CNC(=O)CN1CCN(C)CCN(C)CCN(CC(=O)O)CC1)C(=O)N[C@@H](Cc1ccccc1)C(=O)N[C@@H](CCCCNC(=O)c1ccc(NCc2cnc3nc(N)[nH]c(=O)c3n2)cc1)C(=O)O. The molecule has 0 saturated carbocycles. The van der Waals surface area contributed by atoms with Gasteiger partial charge in [-0.1, -0.05) is 30.3 Å². The molecule has 6 atom stereocenters. The predicted octanol–water partition coefficient (Wildman–Crippen LogP) is -3.66. The van der Waals surface area contributed by atoms with Gasteiger partial charge < -0.3 is 78.3 Å². The topological polar surface area (TPSA) is 445 Å². The van der Waals surface area contributed by atoms with Gasteiger partial charge in [-0.15, -0.1) is 0 Å². The molecule has 3 saturated heterocycles. The quantitative estimate of drug-likeness (QED) is 0.0216. The lowest BCUT2D eigenvalue weighted by Gasteiger charge is -2.32. The number of likely N-dealkylation sites (tertiary alicyclic amines) is 2. The number of aromatic amines is 1. The van der Waals surface area contributed by atoms with Crippen molar-refractivity contribution in [3.05, 3.63) is 88.0 Å². The van der Waals surface area contributed by atoms with E-state index in [1.807, 2.05) is 28.8 Å². The van der Waals surface area contributed by atoms with Crippen LogP contribution >= 0.6 is 0 Å². The number of H-pyrrole nitrogens is 1. The summed E-state index contributed by atoms with van der Waals surface area (Å²) in [5, 5.41) is 51.1. The van der Waals surface area contributed by atoms with E-state index in [1.165, 1.54) is 13.1 Å². The van der Waals surface area contributed by atoms with Gasteiger partial charge in [-0.05, 0) is 102 Å². The number of nitrogen functional groups attached to an aromatic ring is 1. The van der Waals surface area contributed by atoms with Crippen LogP contribution in [0.4, 0.5) is 11.6 Å². The van der Waals surface area contributed by atoms with Crippen molar-refractivity contribution in [2.45, 2.75) is 101 Å². The summed E-state index contributed by atoms with van der Waals surface area (Å²) < 4.78 is 0. The number of unbranched alkanes of at least 4 members (excludes halogenated alkanes) is 1. The van der Waals surface area contributed by atoms with Gasteiger partial charge in [0, 0.05) is 95.7 Å². The van der Waals surface area contributed by atoms with Crippen LogP contribution in [0.15, 0.2) is 65.6 Å². The highest BCUT2D eigenvalue weighted by Crippen LogP contribution is 2.24. The number of hydrogen-bond acceptors (Lipinski definition) is 22. The number of aliphatic carboxylic acids is 2. The highest BCUT2D eigenvalue weighted by atomic mass is 16.4. The Labute approximate surface area is 555 Å². The van der Waals surface area contributed by atoms with Crippen LogP contribution in [-0.4, -0.2) is 286 Å². The number of likely N-dealkylation sites (N-methyl/N-ethyl adjacent to an activating group) is 2. The minimum atomic E-state index is -1.56. The third kappa shape index (κ3) is 23.6. The maximum atomic E-state index is 13.8. The number of aliphatic hydroxyl groups excluding tert-OH is 1. The second kappa shape index (κ2) is 37.1. The van der Waals surface area contributed by atoms with Crippen LogP contribution < -0.4 is 53.8 Å². The molecule has 14 N–H and O–H groups in total. The molecule has 33 nitrogen and oxygen atoms in total. The first-order valence-corrected chi connectivity index (χ1v) is 32.4. The molecule has 96 heavy (non-hydrogen) atoms. The summed E-state index contributed by atoms with van der Waals surface area (Å²) in [6.45, 7) is 6.52. The Morgan fingerprint density at radius 1 is 0.688 bits per heavy atom. The monoisotopic (exact) mass is 1340 g/mol. The Hall–Kier alpha value is -9.28. The van der Waals surface area contributed by atoms with Crippen molar-refractivity contribution in [1.82, 2.24) is 86.6 Å². The summed E-state index contributed by atoms with van der Waals surface area (Å²) in [6, 6.07) is 8.73. The number of anilines is 2. The second-order valence-corrected chi connectivity index (χ2v) is 24.4. The van der Waals surface area contributed by atoms with E-state index in [1.54, 1.807) is 59.5 Å². The largest absolute Gasteiger partial charge is 0.480 e. The zero-order valence-corrected chi connectivity index (χ0v) is 54.6. The lowest BCUT2D eigenvalue weighted by Crippen LogP contribution is -2.58. The number of carboxylic acids is 2. The number of benzene rings is 2. The highest BCUT2D eigenvalue weighted by molar-refractivity contribution is 5.96. The average molecular weight is 1340 g/mol. The van der Waals surface area contributed by atoms with Crippen molar-refractivity contribution in [2.75, 3.05) is 136 Å². The molecule has 0 bridgehead atoms. The number of rotatable bonds is 31. The zero-order chi connectivity index (χ0) is 69.3. The fourth-order valence-corrected chi connectivity index (χ4v) is 11.5. The first-order chi connectivity index (χ1) is 46.0. The van der Waals surface area contributed by atoms with Gasteiger partial charge in [0.15, 0.2) is 11.2 Å². The Balaban J connectivity index is 0.814. The molecule has 8 amide bonds. The Kier molecular flexibility index (Phi) is 28.7. The number of aromatic nitrogens is 4. The van der Waals surface area contributed by atoms with Crippen LogP contribution in [0, 0.1) is 0 Å². The Morgan fingerprint density at radius 3 is 2.03 bits per heavy atom. The van der Waals surface area contributed by atoms with Gasteiger partial charge in [-0.3, -0.25) is 67.6 Å². The van der Waals surface area contributed by atoms with Crippen LogP contribution in [0.25, 0.3) is 11.2 Å². The first kappa shape index (κ1) is 74.1. The van der Waals surface area contributed by atoms with Gasteiger partial charge in [0.25, 0.3) is 11.5 Å². The van der Waals surface area contributed by atoms with Crippen molar-refractivity contribution in [2.24, 2.45) is 0 Å². The van der Waals surface area contributed by atoms with Crippen LogP contribution in [-0.2, 0) is 56.1 Å². The first-order valence-electron chi connectivity index (χ1n) is 32.4. The smallest absolute Gasteiger partial charge is 0.326 e. The third-order valence-corrected chi connectivity index (χ3v) is 17.0. The molecule has 3 aliphatic rings. The van der Waals surface area contributed by atoms with Crippen LogP contribution in [0.5, 0.6) is 0 Å². The minimum Gasteiger partial charge on any atom is -0.480 e. The molecular formula is C63H91N19O14. The molecule has 2 aromatic carbocycles. The number of carbonyl (C=O) groups is 10. The molecule has 0 unspecified atom stereocenters. The molecule has 3 aliphatic heterocycles. The van der Waals surface area contributed by atoms with Crippen LogP contribution in [0.3, 0.4) is 0 Å². The predicted molar refractivity (Wildman–Crippen MR) is 351 cm³/mol. The zero-order valence-electron chi connectivity index (χ0n) is 54.6. The molecule has 7 rings (SSSR count). The molecule has 522 valence electrons. The van der Waals surface area contributed by atoms with Gasteiger partial charge in [-0.2, -0.15) is 4.98 Å². The second-order valence-electron chi connectivity index (χ2n) is 24.4. The third-order valence-electron chi connectivity index (χ3n) is 17.0. The van der Waals surface area contributed by atoms with E-state index in [2.05, 4.69) is 72.3 Å². The number of nitrogens with two attached hydrogens (primary N) is 1. The number of fused-ring (bicyclic) bond motifs is 1. The fourth-order valence-electron chi connectivity index (χ4n) is 11.5. The molecule has 0 spiro atoms. The Morgan fingerprint density at radius 2 is 1.34 bits per heavy atom. The van der Waals surface area contributed by atoms with E-state index >= 15 is 0 Å². The van der Waals surface area contributed by atoms with Crippen molar-refractivity contribution < 1.29 is 63.3 Å². The van der Waals surface area contributed by atoms with E-state index in [4.69, 9.17) is 5.73 Å². The summed E-state index contributed by atoms with van der Waals surface area (Å²) in [5.41, 5.74) is 7.32. The van der Waals surface area contributed by atoms with E-state index < -0.39 is 90.4 Å². The lowest BCUT2D eigenvalue weighted by atomic mass is 10.0. The summed E-state index contributed by atoms with van der Waals surface area (Å²) in [4.78, 5) is 170. The summed E-state index contributed by atoms with van der Waals surface area (Å²) in [5.74, 6) is -7.18. The minimum absolute atomic E-state index is 0.0269. The number of nitrogens with zero attached hydrogens (tertiary/aromatic N) is 9. The lowest BCUT2D eigenvalue weighted by molar-refractivity contribution is -0.142. The van der Waals surface area contributed by atoms with Crippen molar-refractivity contribution in [3.63, 3.8) is 0 Å². The fraction of sp³-hybridized carbons (Fsp3) is 0.556. The normalized spacial score (nSPS) is 18.3. The Bertz CT molecular complexity index is 3380. The van der Waals surface area contributed by atoms with E-state index in [9.17, 15) is 68.1 Å². The molecule has 0 aliphatic carbocycles. The molecule has 4 aromatic rings. The van der Waals surface area contributed by atoms with Crippen molar-refractivity contribution >= 4 is 82.0 Å². The van der Waals surface area contributed by atoms with Gasteiger partial charge in [-0.25, -0.2) is 14.8 Å². The summed E-state index contributed by atoms with van der Waals surface area (Å²) >= 11 is 0. The molecule has 0 radical (unpaired) electrons. The van der Waals surface area contributed by atoms with Gasteiger partial charge in [0.2, 0.25) is 47.3 Å². The number of aliphatic hydroxyl groups is 1. The standard InChI is InChI=1S/C63H91N19O14/c1-40(56(89)74-47(31-41-11-5-4-6-12-41)58(91)73-46(62(95)96)14-7-8-20-65-57(90)42-16-18-43(19-17-42)66-32-44-33-68-55-54(71-44)61(94)76-63(64)75-55)70-59(92)48(39-83)72-50(84)34-69-60(93)49-15-10-21-81(49)36-45-13-9-22-82(45)52(86)35-67-51(85)37-79-27-25-77(2)23-24-78(3)26-28-80(30-29-79)38-53(87)88/h4-6,11-12,16-19,33,40,45-49,66,83H,7-10,13-15,20-32,34-39H2,1-3H3,(H,65,90)(H,67,85)(H,69,93)(H,70,92)(H,72,84)(H,73,91)(H,74,89)(H,87,88)(H,95,96)(H3,64,68,75,76,94)/t40-,45-,46-,47-,48-,49-/m0/s1. The maximum absolute atomic E-state index is 13.8. The molecule has 3 fully saturated rings. The highest BCUT2D eigenvalue weighted by Gasteiger charge is 2.37. The van der Waals surface area contributed by atoms with E-state index in [-0.39, 0.29) is 92.9 Å². The maximum Gasteiger partial charge on any atom is 0.326 e. The number of carboxylic acid groups (broad SMARTS) is 2. The van der Waals surface area contributed by atoms with Crippen molar-refractivity contribution in [1.29, 1.82) is 0 Å². The molecular weight excluding hydrogens is 1250 g/mol. The molecule has 33 heteroatoms. The number of amides is 8. The average Bonchev–Trinajstić information content (AvgIpc) is 1.14. The number of carbonyl (C=O) groups excluding carboxylic acids is 8. The molecule has 5 heterocycles. The van der Waals surface area contributed by atoms with Crippen molar-refractivity contribution in [3.8, 4) is 0 Å². The number of hydrogen-bond donors (Lipinski definition) is 13. The van der Waals surface area contributed by atoms with Crippen LogP contribution in [0.2, 0.25) is 0 Å². The van der Waals surface area contributed by atoms with Gasteiger partial charge >= 0.3 is 11.9 Å². The van der Waals surface area contributed by atoms with Gasteiger partial charge in [0.05, 0.1) is 57.3 Å². The van der Waals surface area contributed by atoms with E-state index in [0.29, 0.717) is 107 Å². The summed E-state index contributed by atoms with van der Waals surface area (Å²) in [6.07, 6.45) is 4.57. The van der Waals surface area contributed by atoms with E-state index in [0.717, 1.165) is 19.5 Å². The summed E-state index contributed by atoms with van der Waals surface area (Å²) in [7, 11) is 4.03. The molecule has 2 aromatic heterocycles.